The van der Waals surface area contributed by atoms with Crippen LogP contribution in [0, 0.1) is 23.2 Å². The van der Waals surface area contributed by atoms with Crippen molar-refractivity contribution in [2.45, 2.75) is 63.8 Å². The first kappa shape index (κ1) is 15.9. The molecule has 2 saturated carbocycles. The van der Waals surface area contributed by atoms with Crippen molar-refractivity contribution in [3.8, 4) is 0 Å². The predicted octanol–water partition coefficient (Wildman–Crippen LogP) is 0.458. The van der Waals surface area contributed by atoms with Gasteiger partial charge >= 0.3 is 5.97 Å². The molecule has 4 fully saturated rings. The molecule has 0 aromatic heterocycles. The lowest BCUT2D eigenvalue weighted by molar-refractivity contribution is -0.659. The maximum absolute atomic E-state index is 12.4. The van der Waals surface area contributed by atoms with Gasteiger partial charge in [-0.1, -0.05) is 20.3 Å². The molecule has 23 heavy (non-hydrogen) atoms. The largest absolute Gasteiger partial charge is 0.462 e. The van der Waals surface area contributed by atoms with E-state index in [-0.39, 0.29) is 47.6 Å². The Bertz CT molecular complexity index is 497. The lowest BCUT2D eigenvalue weighted by Crippen LogP contribution is -2.86. The summed E-state index contributed by atoms with van der Waals surface area (Å²) >= 11 is 0. The zero-order chi connectivity index (χ0) is 16.2. The van der Waals surface area contributed by atoms with Crippen LogP contribution in [0.3, 0.4) is 0 Å². The van der Waals surface area contributed by atoms with Crippen LogP contribution in [0.25, 0.3) is 0 Å². The minimum Gasteiger partial charge on any atom is -0.462 e. The van der Waals surface area contributed by atoms with Crippen LogP contribution < -0.4 is 5.32 Å². The van der Waals surface area contributed by atoms with Gasteiger partial charge in [0.15, 0.2) is 0 Å². The molecule has 2 heterocycles. The highest BCUT2D eigenvalue weighted by molar-refractivity contribution is 5.76. The van der Waals surface area contributed by atoms with Crippen molar-refractivity contribution in [3.63, 3.8) is 0 Å². The van der Waals surface area contributed by atoms with Crippen LogP contribution in [0.5, 0.6) is 0 Å². The number of epoxide rings is 1. The van der Waals surface area contributed by atoms with Crippen molar-refractivity contribution in [2.24, 2.45) is 23.2 Å². The third-order valence-corrected chi connectivity index (χ3v) is 7.18. The van der Waals surface area contributed by atoms with Crippen molar-refractivity contribution in [3.05, 3.63) is 0 Å². The quantitative estimate of drug-likeness (QED) is 0.438. The summed E-state index contributed by atoms with van der Waals surface area (Å²) in [5.41, 5.74) is 0.177. The summed E-state index contributed by atoms with van der Waals surface area (Å²) in [5, 5.41) is 11.1. The molecule has 0 bridgehead atoms. The molecule has 0 radical (unpaired) electrons. The van der Waals surface area contributed by atoms with E-state index in [0.29, 0.717) is 5.92 Å². The predicted molar refractivity (Wildman–Crippen MR) is 83.6 cm³/mol. The van der Waals surface area contributed by atoms with Crippen LogP contribution in [-0.4, -0.2) is 48.6 Å². The van der Waals surface area contributed by atoms with E-state index >= 15 is 0 Å². The van der Waals surface area contributed by atoms with Gasteiger partial charge in [0.1, 0.15) is 17.6 Å². The Kier molecular flexibility index (Phi) is 3.74. The van der Waals surface area contributed by atoms with E-state index in [1.165, 1.54) is 19.3 Å². The standard InChI is InChI=1S/C18H29NO4/c1-11-5-3-6-17(2)9-13-14(15-18(11,17)23-15)12(16(21)22-13)10-19-7-4-8-20/h11-15,19-20H,3-10H2,1-2H3/p+1/t11-,12+,13-,14-,15+,17-,18+/m1/s1. The molecule has 2 aliphatic heterocycles. The number of quaternary nitrogens is 1. The van der Waals surface area contributed by atoms with Crippen molar-refractivity contribution in [1.82, 2.24) is 0 Å². The summed E-state index contributed by atoms with van der Waals surface area (Å²) in [7, 11) is 0. The van der Waals surface area contributed by atoms with E-state index in [4.69, 9.17) is 14.6 Å². The number of fused-ring (bicyclic) bond motifs is 2. The number of hydrogen-bond acceptors (Lipinski definition) is 4. The molecule has 1 spiro atoms. The van der Waals surface area contributed by atoms with E-state index in [9.17, 15) is 4.79 Å². The molecule has 0 unspecified atom stereocenters. The van der Waals surface area contributed by atoms with Crippen LogP contribution in [-0.2, 0) is 14.3 Å². The highest BCUT2D eigenvalue weighted by Crippen LogP contribution is 2.70. The minimum atomic E-state index is -0.0401. The SMILES string of the molecule is C[C@@H]1CCC[C@]2(C)C[C@H]3OC(=O)[C@@H](C[NH2+]CCCO)[C@H]3[C@@H]3O[C@@]132. The van der Waals surface area contributed by atoms with E-state index in [1.807, 2.05) is 0 Å². The van der Waals surface area contributed by atoms with Gasteiger partial charge in [-0.25, -0.2) is 0 Å². The van der Waals surface area contributed by atoms with Crippen molar-refractivity contribution in [1.29, 1.82) is 0 Å². The van der Waals surface area contributed by atoms with Gasteiger partial charge in [-0.15, -0.1) is 0 Å². The van der Waals surface area contributed by atoms with Gasteiger partial charge in [-0.2, -0.15) is 0 Å². The average Bonchev–Trinajstić information content (AvgIpc) is 3.18. The Labute approximate surface area is 138 Å². The van der Waals surface area contributed by atoms with Crippen LogP contribution >= 0.6 is 0 Å². The Morgan fingerprint density at radius 1 is 1.43 bits per heavy atom. The molecule has 0 amide bonds. The monoisotopic (exact) mass is 324 g/mol. The second-order valence-electron chi connectivity index (χ2n) is 8.44. The molecular weight excluding hydrogens is 294 g/mol. The Morgan fingerprint density at radius 2 is 2.26 bits per heavy atom. The fourth-order valence-electron chi connectivity index (χ4n) is 6.03. The number of rotatable bonds is 5. The summed E-state index contributed by atoms with van der Waals surface area (Å²) in [6.07, 6.45) is 5.71. The van der Waals surface area contributed by atoms with Crippen LogP contribution in [0.1, 0.15) is 46.0 Å². The summed E-state index contributed by atoms with van der Waals surface area (Å²) in [5.74, 6) is 0.756. The fourth-order valence-corrected chi connectivity index (χ4v) is 6.03. The number of aliphatic hydroxyl groups is 1. The van der Waals surface area contributed by atoms with E-state index in [1.54, 1.807) is 0 Å². The van der Waals surface area contributed by atoms with Crippen molar-refractivity contribution in [2.75, 3.05) is 19.7 Å². The topological polar surface area (TPSA) is 75.7 Å². The maximum atomic E-state index is 12.4. The molecule has 130 valence electrons. The second kappa shape index (κ2) is 5.43. The molecular formula is C18H30NO4+. The lowest BCUT2D eigenvalue weighted by atomic mass is 9.53. The Hall–Kier alpha value is -0.650. The molecule has 3 N–H and O–H groups in total. The van der Waals surface area contributed by atoms with Gasteiger partial charge in [0.25, 0.3) is 0 Å². The second-order valence-corrected chi connectivity index (χ2v) is 8.44. The maximum Gasteiger partial charge on any atom is 0.315 e. The Balaban J connectivity index is 1.52. The number of nitrogens with two attached hydrogens (primary N) is 1. The molecule has 7 atom stereocenters. The number of aliphatic hydroxyl groups excluding tert-OH is 1. The van der Waals surface area contributed by atoms with Gasteiger partial charge in [0.2, 0.25) is 0 Å². The third kappa shape index (κ3) is 2.12. The normalized spacial score (nSPS) is 50.7. The number of ether oxygens (including phenoxy) is 2. The zero-order valence-electron chi connectivity index (χ0n) is 14.3. The van der Waals surface area contributed by atoms with Gasteiger partial charge in [0, 0.05) is 24.4 Å². The first-order chi connectivity index (χ1) is 11.0. The highest BCUT2D eigenvalue weighted by atomic mass is 16.6. The summed E-state index contributed by atoms with van der Waals surface area (Å²) in [4.78, 5) is 12.4. The number of hydrogen-bond donors (Lipinski definition) is 2. The van der Waals surface area contributed by atoms with Crippen molar-refractivity contribution < 1.29 is 24.7 Å². The first-order valence-electron chi connectivity index (χ1n) is 9.34. The molecule has 5 nitrogen and oxygen atoms in total. The number of carbonyl (C=O) groups is 1. The third-order valence-electron chi connectivity index (χ3n) is 7.18. The molecule has 4 aliphatic rings. The van der Waals surface area contributed by atoms with E-state index in [0.717, 1.165) is 25.9 Å². The summed E-state index contributed by atoms with van der Waals surface area (Å²) in [6, 6.07) is 0. The number of esters is 1. The fraction of sp³-hybridized carbons (Fsp3) is 0.944. The van der Waals surface area contributed by atoms with Crippen LogP contribution in [0.15, 0.2) is 0 Å². The van der Waals surface area contributed by atoms with Crippen LogP contribution in [0.4, 0.5) is 0 Å². The molecule has 2 saturated heterocycles. The summed E-state index contributed by atoms with van der Waals surface area (Å²) in [6.45, 7) is 6.52. The molecule has 4 rings (SSSR count). The molecule has 0 aromatic carbocycles. The van der Waals surface area contributed by atoms with E-state index < -0.39 is 0 Å². The molecule has 5 heteroatoms. The Morgan fingerprint density at radius 3 is 3.04 bits per heavy atom. The zero-order valence-corrected chi connectivity index (χ0v) is 14.3. The van der Waals surface area contributed by atoms with Gasteiger partial charge in [-0.3, -0.25) is 4.79 Å². The van der Waals surface area contributed by atoms with Gasteiger partial charge < -0.3 is 19.9 Å². The molecule has 2 aliphatic carbocycles. The summed E-state index contributed by atoms with van der Waals surface area (Å²) < 4.78 is 12.2. The van der Waals surface area contributed by atoms with Crippen LogP contribution in [0.2, 0.25) is 0 Å². The minimum absolute atomic E-state index is 0.00372. The average molecular weight is 324 g/mol. The van der Waals surface area contributed by atoms with Crippen molar-refractivity contribution >= 4 is 5.97 Å². The van der Waals surface area contributed by atoms with Gasteiger partial charge in [0.05, 0.1) is 19.2 Å². The molecule has 0 aromatic rings. The highest BCUT2D eigenvalue weighted by Gasteiger charge is 2.78. The smallest absolute Gasteiger partial charge is 0.315 e. The number of carbonyl (C=O) groups excluding carboxylic acids is 1. The first-order valence-corrected chi connectivity index (χ1v) is 9.34. The lowest BCUT2D eigenvalue weighted by Gasteiger charge is -2.48. The van der Waals surface area contributed by atoms with E-state index in [2.05, 4.69) is 19.2 Å². The van der Waals surface area contributed by atoms with Gasteiger partial charge in [-0.05, 0) is 25.2 Å².